The average Bonchev–Trinajstić information content (AvgIpc) is 3.56. The Kier molecular flexibility index (Phi) is 5.51. The number of nitrogens with zero attached hydrogens (tertiary/aromatic N) is 6. The van der Waals surface area contributed by atoms with E-state index in [2.05, 4.69) is 25.4 Å². The van der Waals surface area contributed by atoms with E-state index in [9.17, 15) is 0 Å². The number of furan rings is 1. The summed E-state index contributed by atoms with van der Waals surface area (Å²) < 4.78 is 13.3. The molecule has 8 nitrogen and oxygen atoms in total. The third-order valence-electron chi connectivity index (χ3n) is 4.41. The van der Waals surface area contributed by atoms with E-state index >= 15 is 0 Å². The monoisotopic (exact) mass is 450 g/mol. The van der Waals surface area contributed by atoms with Crippen LogP contribution < -0.4 is 0 Å². The van der Waals surface area contributed by atoms with Crippen LogP contribution in [-0.2, 0) is 12.3 Å². The van der Waals surface area contributed by atoms with Gasteiger partial charge in [0.25, 0.3) is 0 Å². The van der Waals surface area contributed by atoms with Crippen molar-refractivity contribution in [2.45, 2.75) is 17.5 Å². The summed E-state index contributed by atoms with van der Waals surface area (Å²) in [4.78, 5) is 4.19. The summed E-state index contributed by atoms with van der Waals surface area (Å²) in [7, 11) is 0. The molecule has 0 amide bonds. The first-order valence-corrected chi connectivity index (χ1v) is 10.7. The van der Waals surface area contributed by atoms with Gasteiger partial charge in [0, 0.05) is 28.5 Å². The van der Waals surface area contributed by atoms with E-state index in [0.717, 1.165) is 16.9 Å². The summed E-state index contributed by atoms with van der Waals surface area (Å²) in [5.74, 6) is 2.89. The van der Waals surface area contributed by atoms with E-state index in [1.807, 2.05) is 41.0 Å². The van der Waals surface area contributed by atoms with Crippen molar-refractivity contribution in [1.82, 2.24) is 29.9 Å². The third-order valence-corrected chi connectivity index (χ3v) is 5.62. The van der Waals surface area contributed by atoms with Crippen molar-refractivity contribution < 1.29 is 8.83 Å². The zero-order chi connectivity index (χ0) is 21.0. The zero-order valence-corrected chi connectivity index (χ0v) is 17.6. The number of hydrogen-bond acceptors (Lipinski definition) is 8. The fourth-order valence-electron chi connectivity index (χ4n) is 2.95. The third kappa shape index (κ3) is 4.37. The summed E-state index contributed by atoms with van der Waals surface area (Å²) >= 11 is 7.40. The molecule has 0 radical (unpaired) electrons. The number of aromatic nitrogens is 6. The molecule has 0 bridgehead atoms. The lowest BCUT2D eigenvalue weighted by atomic mass is 10.2. The van der Waals surface area contributed by atoms with Gasteiger partial charge in [0.15, 0.2) is 11.0 Å². The molecule has 154 valence electrons. The number of hydrogen-bond donors (Lipinski definition) is 0. The van der Waals surface area contributed by atoms with Crippen LogP contribution in [0.25, 0.3) is 22.8 Å². The Morgan fingerprint density at radius 3 is 2.61 bits per heavy atom. The standard InChI is InChI=1S/C21H15ClN6O2S/c22-16-7-5-14(6-8-16)20-26-24-18(30-20)13-31-21-27-25-19(15-3-1-9-23-11-15)28(21)12-17-4-2-10-29-17/h1-11H,12-13H2. The van der Waals surface area contributed by atoms with Gasteiger partial charge >= 0.3 is 0 Å². The van der Waals surface area contributed by atoms with Crippen molar-refractivity contribution in [1.29, 1.82) is 0 Å². The summed E-state index contributed by atoms with van der Waals surface area (Å²) in [5, 5.41) is 18.4. The maximum atomic E-state index is 5.94. The molecule has 5 rings (SSSR count). The molecule has 1 aromatic carbocycles. The molecule has 0 atom stereocenters. The normalized spacial score (nSPS) is 11.1. The van der Waals surface area contributed by atoms with Crippen LogP contribution in [0.15, 0.2) is 81.2 Å². The molecular weight excluding hydrogens is 436 g/mol. The minimum Gasteiger partial charge on any atom is -0.467 e. The molecule has 0 aliphatic carbocycles. The molecular formula is C21H15ClN6O2S. The van der Waals surface area contributed by atoms with Gasteiger partial charge < -0.3 is 8.83 Å². The zero-order valence-electron chi connectivity index (χ0n) is 16.1. The van der Waals surface area contributed by atoms with Gasteiger partial charge in [0.1, 0.15) is 5.76 Å². The number of rotatable bonds is 7. The van der Waals surface area contributed by atoms with Crippen molar-refractivity contribution in [2.24, 2.45) is 0 Å². The number of thioether (sulfide) groups is 1. The van der Waals surface area contributed by atoms with Crippen LogP contribution in [0.5, 0.6) is 0 Å². The van der Waals surface area contributed by atoms with E-state index in [0.29, 0.717) is 40.1 Å². The number of benzene rings is 1. The fourth-order valence-corrected chi connectivity index (χ4v) is 3.85. The molecule has 31 heavy (non-hydrogen) atoms. The highest BCUT2D eigenvalue weighted by Crippen LogP contribution is 2.28. The Balaban J connectivity index is 1.38. The van der Waals surface area contributed by atoms with Crippen LogP contribution in [0.2, 0.25) is 5.02 Å². The minimum atomic E-state index is 0.445. The molecule has 0 N–H and O–H groups in total. The highest BCUT2D eigenvalue weighted by Gasteiger charge is 2.17. The largest absolute Gasteiger partial charge is 0.467 e. The van der Waals surface area contributed by atoms with Crippen LogP contribution in [0.1, 0.15) is 11.7 Å². The van der Waals surface area contributed by atoms with Gasteiger partial charge in [-0.25, -0.2) is 0 Å². The van der Waals surface area contributed by atoms with Gasteiger partial charge in [-0.05, 0) is 48.5 Å². The summed E-state index contributed by atoms with van der Waals surface area (Å²) in [6.07, 6.45) is 5.13. The van der Waals surface area contributed by atoms with Gasteiger partial charge in [-0.2, -0.15) is 0 Å². The molecule has 10 heteroatoms. The average molecular weight is 451 g/mol. The number of pyridine rings is 1. The molecule has 4 aromatic heterocycles. The molecule has 0 aliphatic rings. The van der Waals surface area contributed by atoms with Crippen molar-refractivity contribution in [2.75, 3.05) is 0 Å². The van der Waals surface area contributed by atoms with Gasteiger partial charge in [-0.1, -0.05) is 23.4 Å². The van der Waals surface area contributed by atoms with E-state index in [-0.39, 0.29) is 0 Å². The lowest BCUT2D eigenvalue weighted by Gasteiger charge is -2.08. The second-order valence-electron chi connectivity index (χ2n) is 6.51. The smallest absolute Gasteiger partial charge is 0.247 e. The molecule has 5 aromatic rings. The quantitative estimate of drug-likeness (QED) is 0.320. The first kappa shape index (κ1) is 19.5. The van der Waals surface area contributed by atoms with Gasteiger partial charge in [-0.3, -0.25) is 9.55 Å². The first-order chi connectivity index (χ1) is 15.3. The molecule has 0 spiro atoms. The number of halogens is 1. The van der Waals surface area contributed by atoms with Gasteiger partial charge in [0.05, 0.1) is 18.6 Å². The Hall–Kier alpha value is -3.43. The maximum Gasteiger partial charge on any atom is 0.247 e. The van der Waals surface area contributed by atoms with Crippen LogP contribution in [0, 0.1) is 0 Å². The van der Waals surface area contributed by atoms with Crippen molar-refractivity contribution in [3.05, 3.63) is 83.9 Å². The van der Waals surface area contributed by atoms with Crippen LogP contribution >= 0.6 is 23.4 Å². The van der Waals surface area contributed by atoms with Gasteiger partial charge in [0.2, 0.25) is 11.8 Å². The Morgan fingerprint density at radius 1 is 0.935 bits per heavy atom. The van der Waals surface area contributed by atoms with E-state index in [1.54, 1.807) is 30.8 Å². The molecule has 0 aliphatic heterocycles. The second-order valence-corrected chi connectivity index (χ2v) is 7.89. The lowest BCUT2D eigenvalue weighted by Crippen LogP contribution is -2.03. The summed E-state index contributed by atoms with van der Waals surface area (Å²) in [6.45, 7) is 0.492. The van der Waals surface area contributed by atoms with E-state index in [4.69, 9.17) is 20.4 Å². The first-order valence-electron chi connectivity index (χ1n) is 9.33. The van der Waals surface area contributed by atoms with Crippen molar-refractivity contribution in [3.63, 3.8) is 0 Å². The van der Waals surface area contributed by atoms with Crippen molar-refractivity contribution >= 4 is 23.4 Å². The lowest BCUT2D eigenvalue weighted by molar-refractivity contribution is 0.485. The molecule has 0 saturated heterocycles. The molecule has 0 unspecified atom stereocenters. The molecule has 0 saturated carbocycles. The van der Waals surface area contributed by atoms with E-state index < -0.39 is 0 Å². The van der Waals surface area contributed by atoms with Crippen LogP contribution in [0.3, 0.4) is 0 Å². The second kappa shape index (κ2) is 8.75. The predicted octanol–water partition coefficient (Wildman–Crippen LogP) is 4.98. The fraction of sp³-hybridized carbons (Fsp3) is 0.0952. The highest BCUT2D eigenvalue weighted by molar-refractivity contribution is 7.98. The van der Waals surface area contributed by atoms with E-state index in [1.165, 1.54) is 11.8 Å². The molecule has 0 fully saturated rings. The Bertz CT molecular complexity index is 1270. The van der Waals surface area contributed by atoms with Gasteiger partial charge in [-0.15, -0.1) is 20.4 Å². The van der Waals surface area contributed by atoms with Crippen molar-refractivity contribution in [3.8, 4) is 22.8 Å². The van der Waals surface area contributed by atoms with Crippen LogP contribution in [-0.4, -0.2) is 29.9 Å². The summed E-state index contributed by atoms with van der Waals surface area (Å²) in [5.41, 5.74) is 1.68. The SMILES string of the molecule is Clc1ccc(-c2nnc(CSc3nnc(-c4cccnc4)n3Cc3ccco3)o2)cc1. The predicted molar refractivity (Wildman–Crippen MR) is 115 cm³/mol. The minimum absolute atomic E-state index is 0.445. The van der Waals surface area contributed by atoms with Crippen LogP contribution in [0.4, 0.5) is 0 Å². The maximum absolute atomic E-state index is 5.94. The summed E-state index contributed by atoms with van der Waals surface area (Å²) in [6, 6.07) is 14.8. The Labute approximate surface area is 186 Å². The molecule has 4 heterocycles. The Morgan fingerprint density at radius 2 is 1.84 bits per heavy atom. The highest BCUT2D eigenvalue weighted by atomic mass is 35.5. The topological polar surface area (TPSA) is 95.7 Å².